The van der Waals surface area contributed by atoms with Gasteiger partial charge in [0.15, 0.2) is 0 Å². The second-order valence-electron chi connectivity index (χ2n) is 7.58. The molecule has 9 nitrogen and oxygen atoms in total. The molecule has 2 unspecified atom stereocenters. The molecule has 1 aromatic carbocycles. The van der Waals surface area contributed by atoms with Gasteiger partial charge in [-0.1, -0.05) is 0 Å². The zero-order valence-corrected chi connectivity index (χ0v) is 19.4. The van der Waals surface area contributed by atoms with E-state index in [1.807, 2.05) is 6.92 Å². The molecule has 0 fully saturated rings. The van der Waals surface area contributed by atoms with Crippen LogP contribution in [-0.4, -0.2) is 49.8 Å². The summed E-state index contributed by atoms with van der Waals surface area (Å²) in [7, 11) is 0. The molecule has 186 valence electrons. The van der Waals surface area contributed by atoms with Gasteiger partial charge in [-0.25, -0.2) is 15.0 Å². The number of nitrogens with zero attached hydrogens (tertiary/aromatic N) is 3. The predicted octanol–water partition coefficient (Wildman–Crippen LogP) is 3.63. The Morgan fingerprint density at radius 1 is 1.14 bits per heavy atom. The molecular formula is C22H21F3N4O5S. The molecule has 0 aliphatic carbocycles. The second-order valence-corrected chi connectivity index (χ2v) is 8.81. The minimum atomic E-state index is -4.68. The first kappa shape index (κ1) is 26.0. The van der Waals surface area contributed by atoms with Crippen molar-refractivity contribution in [1.82, 2.24) is 20.3 Å². The van der Waals surface area contributed by atoms with Gasteiger partial charge in [0.05, 0.1) is 19.1 Å². The number of carbonyl (C=O) groups excluding carboxylic acids is 1. The average molecular weight is 510 g/mol. The Hall–Kier alpha value is -3.58. The monoisotopic (exact) mass is 510 g/mol. The number of amides is 1. The second kappa shape index (κ2) is 10.8. The van der Waals surface area contributed by atoms with E-state index in [4.69, 9.17) is 9.84 Å². The smallest absolute Gasteiger partial charge is 0.451 e. The van der Waals surface area contributed by atoms with Gasteiger partial charge in [0.2, 0.25) is 5.82 Å². The SMILES string of the molecule is Cc1cnc(-c2cc(OC(CO)CC(=O)O)cc(C(=O)NC(C)c3cnc(C(F)(F)F)nc3)c2)s1. The number of carboxylic acids is 1. The lowest BCUT2D eigenvalue weighted by molar-refractivity contribution is -0.145. The number of hydrogen-bond acceptors (Lipinski definition) is 8. The van der Waals surface area contributed by atoms with Gasteiger partial charge in [-0.3, -0.25) is 9.59 Å². The maximum atomic E-state index is 13.0. The van der Waals surface area contributed by atoms with Gasteiger partial charge in [0.25, 0.3) is 5.91 Å². The van der Waals surface area contributed by atoms with Crippen LogP contribution in [0.15, 0.2) is 36.8 Å². The number of benzene rings is 1. The molecule has 0 saturated heterocycles. The molecule has 2 heterocycles. The fourth-order valence-electron chi connectivity index (χ4n) is 3.01. The molecular weight excluding hydrogens is 489 g/mol. The Balaban J connectivity index is 1.87. The summed E-state index contributed by atoms with van der Waals surface area (Å²) in [5.74, 6) is -2.88. The van der Waals surface area contributed by atoms with Gasteiger partial charge in [-0.2, -0.15) is 13.2 Å². The molecule has 13 heteroatoms. The van der Waals surface area contributed by atoms with Crippen molar-refractivity contribution in [2.45, 2.75) is 38.6 Å². The van der Waals surface area contributed by atoms with Crippen LogP contribution < -0.4 is 10.1 Å². The number of nitrogens with one attached hydrogen (secondary N) is 1. The Kier molecular flexibility index (Phi) is 8.02. The molecule has 0 aliphatic heterocycles. The summed E-state index contributed by atoms with van der Waals surface area (Å²) >= 11 is 1.37. The molecule has 0 spiro atoms. The number of aliphatic hydroxyl groups excluding tert-OH is 1. The third-order valence-electron chi connectivity index (χ3n) is 4.72. The van der Waals surface area contributed by atoms with E-state index in [-0.39, 0.29) is 16.9 Å². The number of ether oxygens (including phenoxy) is 1. The van der Waals surface area contributed by atoms with Crippen LogP contribution in [0, 0.1) is 6.92 Å². The van der Waals surface area contributed by atoms with E-state index in [0.717, 1.165) is 17.3 Å². The number of aliphatic hydroxyl groups is 1. The molecule has 2 aromatic heterocycles. The number of aryl methyl sites for hydroxylation is 1. The Morgan fingerprint density at radius 2 is 1.83 bits per heavy atom. The number of halogens is 3. The first-order valence-corrected chi connectivity index (χ1v) is 11.0. The summed E-state index contributed by atoms with van der Waals surface area (Å²) in [6, 6.07) is 3.78. The van der Waals surface area contributed by atoms with Gasteiger partial charge in [0.1, 0.15) is 16.9 Å². The third kappa shape index (κ3) is 6.96. The van der Waals surface area contributed by atoms with Crippen molar-refractivity contribution in [2.75, 3.05) is 6.61 Å². The van der Waals surface area contributed by atoms with Crippen molar-refractivity contribution in [2.24, 2.45) is 0 Å². The number of carboxylic acid groups (broad SMARTS) is 1. The van der Waals surface area contributed by atoms with Gasteiger partial charge in [-0.15, -0.1) is 11.3 Å². The lowest BCUT2D eigenvalue weighted by atomic mass is 10.1. The molecule has 1 amide bonds. The summed E-state index contributed by atoms with van der Waals surface area (Å²) in [4.78, 5) is 35.8. The minimum Gasteiger partial charge on any atom is -0.487 e. The minimum absolute atomic E-state index is 0.136. The van der Waals surface area contributed by atoms with E-state index < -0.39 is 49.1 Å². The topological polar surface area (TPSA) is 135 Å². The summed E-state index contributed by atoms with van der Waals surface area (Å²) < 4.78 is 43.7. The highest BCUT2D eigenvalue weighted by molar-refractivity contribution is 7.14. The van der Waals surface area contributed by atoms with E-state index in [1.165, 1.54) is 17.4 Å². The first-order chi connectivity index (χ1) is 16.5. The molecule has 0 saturated carbocycles. The lowest BCUT2D eigenvalue weighted by Gasteiger charge is -2.18. The average Bonchev–Trinajstić information content (AvgIpc) is 3.24. The number of aromatic nitrogens is 3. The molecule has 2 atom stereocenters. The number of rotatable bonds is 9. The van der Waals surface area contributed by atoms with E-state index in [1.54, 1.807) is 25.3 Å². The predicted molar refractivity (Wildman–Crippen MR) is 119 cm³/mol. The standard InChI is InChI=1S/C22H21F3N4O5S/c1-11-7-26-20(35-11)14-3-13(4-16(5-14)34-17(10-30)6-18(31)32)19(33)29-12(2)15-8-27-21(28-9-15)22(23,24)25/h3-5,7-9,12,17,30H,6,10H2,1-2H3,(H,29,33)(H,31,32). The quantitative estimate of drug-likeness (QED) is 0.397. The highest BCUT2D eigenvalue weighted by Gasteiger charge is 2.34. The largest absolute Gasteiger partial charge is 0.487 e. The van der Waals surface area contributed by atoms with E-state index in [2.05, 4.69) is 20.3 Å². The van der Waals surface area contributed by atoms with Gasteiger partial charge in [0, 0.05) is 40.2 Å². The molecule has 0 bridgehead atoms. The Labute approximate surface area is 201 Å². The zero-order valence-electron chi connectivity index (χ0n) is 18.5. The van der Waals surface area contributed by atoms with Gasteiger partial charge in [-0.05, 0) is 32.0 Å². The molecule has 0 radical (unpaired) electrons. The number of aliphatic carboxylic acids is 1. The van der Waals surface area contributed by atoms with Crippen molar-refractivity contribution >= 4 is 23.2 Å². The van der Waals surface area contributed by atoms with Crippen molar-refractivity contribution in [3.05, 3.63) is 58.6 Å². The van der Waals surface area contributed by atoms with Gasteiger partial charge >= 0.3 is 12.1 Å². The van der Waals surface area contributed by atoms with Crippen molar-refractivity contribution in [1.29, 1.82) is 0 Å². The highest BCUT2D eigenvalue weighted by atomic mass is 32.1. The van der Waals surface area contributed by atoms with Crippen LogP contribution in [0.3, 0.4) is 0 Å². The van der Waals surface area contributed by atoms with Crippen molar-refractivity contribution in [3.63, 3.8) is 0 Å². The molecule has 3 rings (SSSR count). The van der Waals surface area contributed by atoms with Crippen LogP contribution in [-0.2, 0) is 11.0 Å². The Bertz CT molecular complexity index is 1200. The maximum absolute atomic E-state index is 13.0. The van der Waals surface area contributed by atoms with E-state index in [0.29, 0.717) is 10.6 Å². The lowest BCUT2D eigenvalue weighted by Crippen LogP contribution is -2.28. The summed E-state index contributed by atoms with van der Waals surface area (Å²) in [5, 5.41) is 21.7. The summed E-state index contributed by atoms with van der Waals surface area (Å²) in [6.07, 6.45) is -2.54. The van der Waals surface area contributed by atoms with Crippen LogP contribution >= 0.6 is 11.3 Å². The number of thiazole rings is 1. The van der Waals surface area contributed by atoms with E-state index >= 15 is 0 Å². The normalized spacial score (nSPS) is 13.2. The fraction of sp³-hybridized carbons (Fsp3) is 0.318. The summed E-state index contributed by atoms with van der Waals surface area (Å²) in [5.41, 5.74) is 0.927. The van der Waals surface area contributed by atoms with E-state index in [9.17, 15) is 27.9 Å². The Morgan fingerprint density at radius 3 is 2.37 bits per heavy atom. The number of carbonyl (C=O) groups is 2. The van der Waals surface area contributed by atoms with Crippen LogP contribution in [0.2, 0.25) is 0 Å². The van der Waals surface area contributed by atoms with Crippen LogP contribution in [0.5, 0.6) is 5.75 Å². The zero-order chi connectivity index (χ0) is 25.8. The summed E-state index contributed by atoms with van der Waals surface area (Å²) in [6.45, 7) is 2.86. The van der Waals surface area contributed by atoms with Crippen LogP contribution in [0.25, 0.3) is 10.6 Å². The van der Waals surface area contributed by atoms with Gasteiger partial charge < -0.3 is 20.3 Å². The maximum Gasteiger partial charge on any atom is 0.451 e. The van der Waals surface area contributed by atoms with Crippen molar-refractivity contribution in [3.8, 4) is 16.3 Å². The third-order valence-corrected chi connectivity index (χ3v) is 5.68. The van der Waals surface area contributed by atoms with Crippen LogP contribution in [0.1, 0.15) is 46.0 Å². The number of hydrogen-bond donors (Lipinski definition) is 3. The van der Waals surface area contributed by atoms with Crippen molar-refractivity contribution < 1.29 is 37.7 Å². The fourth-order valence-corrected chi connectivity index (χ4v) is 3.76. The molecule has 0 aliphatic rings. The first-order valence-electron chi connectivity index (χ1n) is 10.2. The molecule has 3 N–H and O–H groups in total. The molecule has 35 heavy (non-hydrogen) atoms. The molecule has 3 aromatic rings. The highest BCUT2D eigenvalue weighted by Crippen LogP contribution is 2.31. The number of alkyl halides is 3. The van der Waals surface area contributed by atoms with Crippen LogP contribution in [0.4, 0.5) is 13.2 Å².